The van der Waals surface area contributed by atoms with Gasteiger partial charge in [-0.2, -0.15) is 4.90 Å². The van der Waals surface area contributed by atoms with E-state index in [2.05, 4.69) is 21.1 Å². The Kier molecular flexibility index (Phi) is 5.65. The molecule has 0 saturated heterocycles. The van der Waals surface area contributed by atoms with Crippen molar-refractivity contribution in [2.24, 2.45) is 0 Å². The fourth-order valence-electron chi connectivity index (χ4n) is 2.08. The van der Waals surface area contributed by atoms with Crippen LogP contribution in [0.5, 0.6) is 0 Å². The van der Waals surface area contributed by atoms with Crippen LogP contribution in [-0.4, -0.2) is 28.5 Å². The van der Waals surface area contributed by atoms with Gasteiger partial charge in [-0.1, -0.05) is 27.2 Å². The Morgan fingerprint density at radius 1 is 1.08 bits per heavy atom. The molecule has 0 N–H and O–H groups in total. The summed E-state index contributed by atoms with van der Waals surface area (Å²) in [6.45, 7) is 10.3. The highest BCUT2D eigenvalue weighted by Gasteiger charge is 2.35. The molecule has 7 nitrogen and oxygen atoms in total. The van der Waals surface area contributed by atoms with E-state index in [0.717, 1.165) is 10.5 Å². The van der Waals surface area contributed by atoms with Gasteiger partial charge in [-0.15, -0.1) is 0 Å². The van der Waals surface area contributed by atoms with Gasteiger partial charge in [0, 0.05) is 5.33 Å². The van der Waals surface area contributed by atoms with Crippen molar-refractivity contribution in [1.82, 2.24) is 5.16 Å². The number of halogens is 1. The number of rotatable bonds is 2. The smallest absolute Gasteiger partial charge is 0.425 e. The summed E-state index contributed by atoms with van der Waals surface area (Å²) in [5.41, 5.74) is -0.201. The summed E-state index contributed by atoms with van der Waals surface area (Å²) >= 11 is 3.38. The number of aromatic nitrogens is 1. The van der Waals surface area contributed by atoms with E-state index < -0.39 is 23.4 Å². The van der Waals surface area contributed by atoms with Crippen molar-refractivity contribution < 1.29 is 23.6 Å². The maximum atomic E-state index is 12.7. The first-order chi connectivity index (χ1) is 11.9. The molecule has 2 aromatic rings. The number of carbonyl (C=O) groups is 2. The second-order valence-electron chi connectivity index (χ2n) is 7.77. The zero-order valence-electron chi connectivity index (χ0n) is 15.8. The first-order valence-corrected chi connectivity index (χ1v) is 9.24. The highest BCUT2D eigenvalue weighted by molar-refractivity contribution is 9.08. The van der Waals surface area contributed by atoms with Crippen LogP contribution in [0.3, 0.4) is 0 Å². The number of hydrogen-bond donors (Lipinski definition) is 0. The average Bonchev–Trinajstić information content (AvgIpc) is 2.86. The normalized spacial score (nSPS) is 12.1. The molecule has 0 saturated carbocycles. The van der Waals surface area contributed by atoms with Crippen LogP contribution in [0.2, 0.25) is 0 Å². The molecule has 1 aromatic heterocycles. The number of benzene rings is 1. The maximum absolute atomic E-state index is 12.7. The summed E-state index contributed by atoms with van der Waals surface area (Å²) < 4.78 is 16.0. The van der Waals surface area contributed by atoms with E-state index in [-0.39, 0.29) is 5.82 Å². The van der Waals surface area contributed by atoms with Crippen molar-refractivity contribution >= 4 is 44.9 Å². The Balaban J connectivity index is 2.53. The molecule has 0 aliphatic heterocycles. The molecule has 0 spiro atoms. The van der Waals surface area contributed by atoms with Gasteiger partial charge in [-0.25, -0.2) is 9.59 Å². The highest BCUT2D eigenvalue weighted by atomic mass is 79.9. The lowest BCUT2D eigenvalue weighted by Gasteiger charge is -2.27. The average molecular weight is 427 g/mol. The molecule has 26 heavy (non-hydrogen) atoms. The molecular formula is C18H23BrN2O5. The van der Waals surface area contributed by atoms with Crippen LogP contribution in [-0.2, 0) is 14.8 Å². The lowest BCUT2D eigenvalue weighted by molar-refractivity contribution is 0.0428. The molecule has 0 bridgehead atoms. The van der Waals surface area contributed by atoms with Gasteiger partial charge >= 0.3 is 12.2 Å². The lowest BCUT2D eigenvalue weighted by Crippen LogP contribution is -2.44. The molecule has 2 amide bonds. The zero-order valence-corrected chi connectivity index (χ0v) is 17.3. The Labute approximate surface area is 160 Å². The molecule has 0 fully saturated rings. The van der Waals surface area contributed by atoms with Crippen LogP contribution in [0, 0.1) is 0 Å². The van der Waals surface area contributed by atoms with Gasteiger partial charge in [-0.05, 0) is 59.2 Å². The third-order valence-corrected chi connectivity index (χ3v) is 3.68. The Morgan fingerprint density at radius 2 is 1.62 bits per heavy atom. The molecule has 8 heteroatoms. The number of fused-ring (bicyclic) bond motifs is 1. The third-order valence-electron chi connectivity index (χ3n) is 3.03. The summed E-state index contributed by atoms with van der Waals surface area (Å²) in [6, 6.07) is 5.37. The third kappa shape index (κ3) is 4.97. The minimum absolute atomic E-state index is 0.0336. The number of alkyl halides is 1. The molecule has 2 rings (SSSR count). The van der Waals surface area contributed by atoms with Gasteiger partial charge in [0.25, 0.3) is 0 Å². The van der Waals surface area contributed by atoms with Crippen LogP contribution in [0.25, 0.3) is 11.0 Å². The Morgan fingerprint density at radius 3 is 2.08 bits per heavy atom. The number of anilines is 1. The van der Waals surface area contributed by atoms with Crippen LogP contribution in [0.4, 0.5) is 15.4 Å². The molecule has 142 valence electrons. The first kappa shape index (κ1) is 20.2. The number of imide groups is 1. The quantitative estimate of drug-likeness (QED) is 0.597. The highest BCUT2D eigenvalue weighted by Crippen LogP contribution is 2.30. The van der Waals surface area contributed by atoms with Crippen LogP contribution in [0.15, 0.2) is 22.7 Å². The predicted octanol–water partition coefficient (Wildman–Crippen LogP) is 5.40. The zero-order chi connectivity index (χ0) is 19.7. The van der Waals surface area contributed by atoms with Gasteiger partial charge in [0.1, 0.15) is 11.2 Å². The monoisotopic (exact) mass is 426 g/mol. The number of hydrogen-bond acceptors (Lipinski definition) is 6. The second kappa shape index (κ2) is 7.26. The summed E-state index contributed by atoms with van der Waals surface area (Å²) in [5, 5.41) is 5.02. The van der Waals surface area contributed by atoms with Crippen molar-refractivity contribution in [2.75, 3.05) is 4.90 Å². The van der Waals surface area contributed by atoms with E-state index >= 15 is 0 Å². The molecule has 1 heterocycles. The first-order valence-electron chi connectivity index (χ1n) is 8.11. The molecular weight excluding hydrogens is 404 g/mol. The van der Waals surface area contributed by atoms with E-state index in [9.17, 15) is 9.59 Å². The van der Waals surface area contributed by atoms with Crippen molar-refractivity contribution in [3.05, 3.63) is 23.8 Å². The molecule has 0 unspecified atom stereocenters. The van der Waals surface area contributed by atoms with E-state index in [4.69, 9.17) is 14.0 Å². The Hall–Kier alpha value is -2.09. The minimum Gasteiger partial charge on any atom is -0.443 e. The SMILES string of the molecule is CC(C)(C)OC(=O)N(C(=O)OC(C)(C)C)c1noc2ccc(CBr)cc12. The number of nitrogens with zero attached hydrogens (tertiary/aromatic N) is 2. The van der Waals surface area contributed by atoms with Gasteiger partial charge < -0.3 is 14.0 Å². The topological polar surface area (TPSA) is 81.9 Å². The van der Waals surface area contributed by atoms with Gasteiger partial charge in [0.2, 0.25) is 0 Å². The molecule has 1 aromatic carbocycles. The summed E-state index contributed by atoms with van der Waals surface area (Å²) in [5.74, 6) is 0.0336. The lowest BCUT2D eigenvalue weighted by atomic mass is 10.2. The van der Waals surface area contributed by atoms with E-state index in [1.54, 1.807) is 53.7 Å². The van der Waals surface area contributed by atoms with E-state index in [1.807, 2.05) is 6.07 Å². The number of ether oxygens (including phenoxy) is 2. The molecule has 0 aliphatic carbocycles. The largest absolute Gasteiger partial charge is 0.443 e. The van der Waals surface area contributed by atoms with Crippen molar-refractivity contribution in [3.8, 4) is 0 Å². The standard InChI is InChI=1S/C18H23BrN2O5/c1-17(2,3)24-15(22)21(16(23)25-18(4,5)6)14-12-9-11(10-19)7-8-13(12)26-20-14/h7-9H,10H2,1-6H3. The summed E-state index contributed by atoms with van der Waals surface area (Å²) in [4.78, 5) is 26.2. The summed E-state index contributed by atoms with van der Waals surface area (Å²) in [6.07, 6.45) is -1.77. The number of amides is 2. The number of carbonyl (C=O) groups excluding carboxylic acids is 2. The van der Waals surface area contributed by atoms with Crippen molar-refractivity contribution in [3.63, 3.8) is 0 Å². The summed E-state index contributed by atoms with van der Waals surface area (Å²) in [7, 11) is 0. The molecule has 0 radical (unpaired) electrons. The van der Waals surface area contributed by atoms with Gasteiger partial charge in [0.15, 0.2) is 11.4 Å². The second-order valence-corrected chi connectivity index (χ2v) is 8.33. The van der Waals surface area contributed by atoms with E-state index in [0.29, 0.717) is 16.3 Å². The predicted molar refractivity (Wildman–Crippen MR) is 102 cm³/mol. The Bertz CT molecular complexity index is 789. The van der Waals surface area contributed by atoms with Crippen LogP contribution >= 0.6 is 15.9 Å². The van der Waals surface area contributed by atoms with Crippen molar-refractivity contribution in [1.29, 1.82) is 0 Å². The van der Waals surface area contributed by atoms with Gasteiger partial charge in [0.05, 0.1) is 5.39 Å². The van der Waals surface area contributed by atoms with Crippen LogP contribution in [0.1, 0.15) is 47.1 Å². The van der Waals surface area contributed by atoms with Crippen LogP contribution < -0.4 is 4.90 Å². The molecule has 0 aliphatic rings. The minimum atomic E-state index is -0.883. The fourth-order valence-corrected chi connectivity index (χ4v) is 2.43. The molecule has 0 atom stereocenters. The van der Waals surface area contributed by atoms with Gasteiger partial charge in [-0.3, -0.25) is 0 Å². The maximum Gasteiger partial charge on any atom is 0.425 e. The fraction of sp³-hybridized carbons (Fsp3) is 0.500. The van der Waals surface area contributed by atoms with E-state index in [1.165, 1.54) is 0 Å². The van der Waals surface area contributed by atoms with Crippen molar-refractivity contribution in [2.45, 2.75) is 58.1 Å².